The minimum Gasteiger partial charge on any atom is -0.478 e. The van der Waals surface area contributed by atoms with Gasteiger partial charge in [0.25, 0.3) is 5.91 Å². The van der Waals surface area contributed by atoms with Gasteiger partial charge in [0, 0.05) is 7.05 Å². The Labute approximate surface area is 130 Å². The number of nitrogens with zero attached hydrogens (tertiary/aromatic N) is 2. The van der Waals surface area contributed by atoms with Crippen LogP contribution in [0.25, 0.3) is 0 Å². The molecule has 0 saturated heterocycles. The first-order valence-electron chi connectivity index (χ1n) is 5.84. The summed E-state index contributed by atoms with van der Waals surface area (Å²) in [4.78, 5) is 28.6. The van der Waals surface area contributed by atoms with Crippen molar-refractivity contribution in [2.45, 2.75) is 0 Å². The van der Waals surface area contributed by atoms with Crippen molar-refractivity contribution in [1.29, 1.82) is 0 Å². The van der Waals surface area contributed by atoms with Crippen molar-refractivity contribution in [1.82, 2.24) is 4.98 Å². The van der Waals surface area contributed by atoms with E-state index in [1.54, 1.807) is 18.2 Å². The van der Waals surface area contributed by atoms with Crippen LogP contribution in [0, 0.1) is 0 Å². The average Bonchev–Trinajstić information content (AvgIpc) is 2.45. The second-order valence-electron chi connectivity index (χ2n) is 4.16. The fourth-order valence-corrected chi connectivity index (χ4v) is 2.23. The summed E-state index contributed by atoms with van der Waals surface area (Å²) < 4.78 is 0. The summed E-state index contributed by atoms with van der Waals surface area (Å²) in [5.41, 5.74) is 0.427. The molecule has 2 aromatic rings. The maximum atomic E-state index is 12.4. The Hall–Kier alpha value is -2.11. The molecule has 0 fully saturated rings. The minimum atomic E-state index is -1.12. The molecule has 108 valence electrons. The summed E-state index contributed by atoms with van der Waals surface area (Å²) in [6.45, 7) is 0. The van der Waals surface area contributed by atoms with E-state index in [4.69, 9.17) is 28.3 Å². The Morgan fingerprint density at radius 1 is 1.10 bits per heavy atom. The molecule has 0 aliphatic rings. The lowest BCUT2D eigenvalue weighted by Gasteiger charge is -2.19. The van der Waals surface area contributed by atoms with Crippen LogP contribution in [0.2, 0.25) is 10.3 Å². The summed E-state index contributed by atoms with van der Waals surface area (Å²) in [7, 11) is 1.47. The molecular formula is C14H10Cl2N2O3. The SMILES string of the molecule is CN(C(=O)c1ccc(Cl)nc1Cl)c1ccccc1C(=O)O. The van der Waals surface area contributed by atoms with Crippen LogP contribution in [0.1, 0.15) is 20.7 Å². The Kier molecular flexibility index (Phi) is 4.45. The van der Waals surface area contributed by atoms with Crippen LogP contribution in [0.4, 0.5) is 5.69 Å². The molecular weight excluding hydrogens is 315 g/mol. The zero-order valence-electron chi connectivity index (χ0n) is 10.9. The van der Waals surface area contributed by atoms with Crippen LogP contribution in [0.15, 0.2) is 36.4 Å². The number of rotatable bonds is 3. The number of pyridine rings is 1. The highest BCUT2D eigenvalue weighted by atomic mass is 35.5. The number of amides is 1. The van der Waals surface area contributed by atoms with Gasteiger partial charge in [-0.15, -0.1) is 0 Å². The summed E-state index contributed by atoms with van der Waals surface area (Å²) >= 11 is 11.6. The third kappa shape index (κ3) is 3.15. The van der Waals surface area contributed by atoms with Crippen molar-refractivity contribution in [2.24, 2.45) is 0 Å². The van der Waals surface area contributed by atoms with E-state index in [2.05, 4.69) is 4.98 Å². The maximum Gasteiger partial charge on any atom is 0.337 e. The summed E-state index contributed by atoms with van der Waals surface area (Å²) in [6.07, 6.45) is 0. The molecule has 0 bridgehead atoms. The van der Waals surface area contributed by atoms with Crippen molar-refractivity contribution in [3.05, 3.63) is 57.8 Å². The van der Waals surface area contributed by atoms with Gasteiger partial charge in [0.2, 0.25) is 0 Å². The number of para-hydroxylation sites is 1. The van der Waals surface area contributed by atoms with Gasteiger partial charge in [-0.25, -0.2) is 9.78 Å². The van der Waals surface area contributed by atoms with E-state index in [1.807, 2.05) is 0 Å². The Morgan fingerprint density at radius 2 is 1.76 bits per heavy atom. The zero-order valence-corrected chi connectivity index (χ0v) is 12.4. The molecule has 0 unspecified atom stereocenters. The molecule has 2 rings (SSSR count). The predicted molar refractivity (Wildman–Crippen MR) is 80.4 cm³/mol. The summed E-state index contributed by atoms with van der Waals surface area (Å²) in [5.74, 6) is -1.59. The maximum absolute atomic E-state index is 12.4. The number of benzene rings is 1. The first kappa shape index (κ1) is 15.3. The van der Waals surface area contributed by atoms with Gasteiger partial charge < -0.3 is 10.0 Å². The van der Waals surface area contributed by atoms with Gasteiger partial charge in [-0.3, -0.25) is 4.79 Å². The molecule has 21 heavy (non-hydrogen) atoms. The minimum absolute atomic E-state index is 0.0198. The van der Waals surface area contributed by atoms with Gasteiger partial charge in [-0.2, -0.15) is 0 Å². The van der Waals surface area contributed by atoms with Crippen molar-refractivity contribution >= 4 is 40.8 Å². The van der Waals surface area contributed by atoms with Gasteiger partial charge in [-0.1, -0.05) is 35.3 Å². The fraction of sp³-hybridized carbons (Fsp3) is 0.0714. The van der Waals surface area contributed by atoms with E-state index in [0.29, 0.717) is 0 Å². The smallest absolute Gasteiger partial charge is 0.337 e. The number of aromatic nitrogens is 1. The summed E-state index contributed by atoms with van der Waals surface area (Å²) in [6, 6.07) is 9.08. The number of halogens is 2. The number of carbonyl (C=O) groups is 2. The largest absolute Gasteiger partial charge is 0.478 e. The molecule has 1 N–H and O–H groups in total. The Morgan fingerprint density at radius 3 is 2.38 bits per heavy atom. The third-order valence-electron chi connectivity index (χ3n) is 2.85. The highest BCUT2D eigenvalue weighted by Crippen LogP contribution is 2.24. The number of carbonyl (C=O) groups excluding carboxylic acids is 1. The molecule has 0 aliphatic heterocycles. The van der Waals surface area contributed by atoms with Crippen molar-refractivity contribution < 1.29 is 14.7 Å². The average molecular weight is 325 g/mol. The van der Waals surface area contributed by atoms with Gasteiger partial charge in [0.15, 0.2) is 0 Å². The molecule has 1 heterocycles. The monoisotopic (exact) mass is 324 g/mol. The van der Waals surface area contributed by atoms with Crippen LogP contribution in [0.3, 0.4) is 0 Å². The van der Waals surface area contributed by atoms with Crippen LogP contribution >= 0.6 is 23.2 Å². The predicted octanol–water partition coefficient (Wildman–Crippen LogP) is 3.36. The Bertz CT molecular complexity index is 719. The van der Waals surface area contributed by atoms with E-state index in [-0.39, 0.29) is 27.1 Å². The van der Waals surface area contributed by atoms with Crippen molar-refractivity contribution in [3.63, 3.8) is 0 Å². The fourth-order valence-electron chi connectivity index (χ4n) is 1.81. The first-order valence-corrected chi connectivity index (χ1v) is 6.60. The standard InChI is InChI=1S/C14H10Cl2N2O3/c1-18(10-5-3-2-4-8(10)14(20)21)13(19)9-6-7-11(15)17-12(9)16/h2-7H,1H3,(H,20,21). The number of aromatic carboxylic acids is 1. The van der Waals surface area contributed by atoms with Gasteiger partial charge in [0.05, 0.1) is 16.8 Å². The van der Waals surface area contributed by atoms with Gasteiger partial charge in [0.1, 0.15) is 10.3 Å². The lowest BCUT2D eigenvalue weighted by molar-refractivity contribution is 0.0697. The zero-order chi connectivity index (χ0) is 15.6. The highest BCUT2D eigenvalue weighted by Gasteiger charge is 2.21. The molecule has 0 aliphatic carbocycles. The molecule has 1 aromatic heterocycles. The number of anilines is 1. The molecule has 0 saturated carbocycles. The normalized spacial score (nSPS) is 10.2. The Balaban J connectivity index is 2.42. The second kappa shape index (κ2) is 6.11. The van der Waals surface area contributed by atoms with E-state index < -0.39 is 11.9 Å². The summed E-state index contributed by atoms with van der Waals surface area (Å²) in [5, 5.41) is 9.30. The lowest BCUT2D eigenvalue weighted by atomic mass is 10.1. The van der Waals surface area contributed by atoms with Gasteiger partial charge >= 0.3 is 5.97 Å². The van der Waals surface area contributed by atoms with E-state index in [1.165, 1.54) is 30.1 Å². The number of hydrogen-bond acceptors (Lipinski definition) is 3. The molecule has 7 heteroatoms. The van der Waals surface area contributed by atoms with E-state index >= 15 is 0 Å². The third-order valence-corrected chi connectivity index (χ3v) is 3.34. The van der Waals surface area contributed by atoms with Crippen LogP contribution in [-0.4, -0.2) is 29.0 Å². The van der Waals surface area contributed by atoms with Crippen molar-refractivity contribution in [2.75, 3.05) is 11.9 Å². The number of carboxylic acids is 1. The van der Waals surface area contributed by atoms with Crippen LogP contribution in [-0.2, 0) is 0 Å². The highest BCUT2D eigenvalue weighted by molar-refractivity contribution is 6.35. The molecule has 1 amide bonds. The molecule has 0 radical (unpaired) electrons. The number of carboxylic acid groups (broad SMARTS) is 1. The molecule has 0 atom stereocenters. The molecule has 1 aromatic carbocycles. The van der Waals surface area contributed by atoms with Crippen molar-refractivity contribution in [3.8, 4) is 0 Å². The molecule has 0 spiro atoms. The molecule has 5 nitrogen and oxygen atoms in total. The van der Waals surface area contributed by atoms with Crippen LogP contribution in [0.5, 0.6) is 0 Å². The van der Waals surface area contributed by atoms with Gasteiger partial charge in [-0.05, 0) is 24.3 Å². The van der Waals surface area contributed by atoms with Crippen LogP contribution < -0.4 is 4.90 Å². The number of hydrogen-bond donors (Lipinski definition) is 1. The second-order valence-corrected chi connectivity index (χ2v) is 4.90. The topological polar surface area (TPSA) is 70.5 Å². The van der Waals surface area contributed by atoms with E-state index in [0.717, 1.165) is 0 Å². The lowest BCUT2D eigenvalue weighted by Crippen LogP contribution is -2.28. The van der Waals surface area contributed by atoms with E-state index in [9.17, 15) is 9.59 Å². The quantitative estimate of drug-likeness (QED) is 0.879. The first-order chi connectivity index (χ1) is 9.91.